The Morgan fingerprint density at radius 3 is 1.95 bits per heavy atom. The van der Waals surface area contributed by atoms with Crippen LogP contribution in [0.3, 0.4) is 0 Å². The molecule has 3 aromatic rings. The number of rotatable bonds is 5. The lowest BCUT2D eigenvalue weighted by atomic mass is 9.90. The van der Waals surface area contributed by atoms with Gasteiger partial charge in [0.15, 0.2) is 0 Å². The second-order valence-electron chi connectivity index (χ2n) is 9.57. The maximum absolute atomic E-state index is 13.2. The van der Waals surface area contributed by atoms with E-state index in [9.17, 15) is 31.1 Å². The van der Waals surface area contributed by atoms with E-state index in [2.05, 4.69) is 15.4 Å². The predicted molar refractivity (Wildman–Crippen MR) is 129 cm³/mol. The summed E-state index contributed by atoms with van der Waals surface area (Å²) in [6, 6.07) is 9.81. The molecule has 1 fully saturated rings. The molecule has 1 aliphatic carbocycles. The quantitative estimate of drug-likeness (QED) is 0.398. The molecule has 0 saturated heterocycles. The number of anilines is 1. The maximum atomic E-state index is 13.2. The fourth-order valence-electron chi connectivity index (χ4n) is 4.74. The molecule has 1 aromatic carbocycles. The Morgan fingerprint density at radius 2 is 1.47 bits per heavy atom. The molecule has 1 aliphatic rings. The van der Waals surface area contributed by atoms with Gasteiger partial charge >= 0.3 is 12.4 Å². The zero-order valence-electron chi connectivity index (χ0n) is 21.0. The SMILES string of the molecule is Cc1cc(C)n(-c2ccc(C(=O)N[C@H]3CC[C@@H](N(C)c4cc(C(F)(F)F)nc(C(F)(F)F)c4)CC3)cc2)n1. The Labute approximate surface area is 215 Å². The van der Waals surface area contributed by atoms with Crippen molar-refractivity contribution in [1.82, 2.24) is 20.1 Å². The normalized spacial score (nSPS) is 18.3. The van der Waals surface area contributed by atoms with Gasteiger partial charge in [-0.1, -0.05) is 0 Å². The summed E-state index contributed by atoms with van der Waals surface area (Å²) in [6.45, 7) is 3.84. The van der Waals surface area contributed by atoms with Crippen LogP contribution in [0, 0.1) is 13.8 Å². The summed E-state index contributed by atoms with van der Waals surface area (Å²) in [7, 11) is 1.48. The minimum absolute atomic E-state index is 0.156. The lowest BCUT2D eigenvalue weighted by Crippen LogP contribution is -2.43. The molecule has 1 N–H and O–H groups in total. The summed E-state index contributed by atoms with van der Waals surface area (Å²) in [5.41, 5.74) is -0.207. The van der Waals surface area contributed by atoms with E-state index in [0.29, 0.717) is 43.4 Å². The van der Waals surface area contributed by atoms with E-state index < -0.39 is 23.7 Å². The number of hydrogen-bond donors (Lipinski definition) is 1. The zero-order chi connectivity index (χ0) is 27.8. The molecule has 4 rings (SSSR count). The van der Waals surface area contributed by atoms with E-state index in [-0.39, 0.29) is 23.7 Å². The number of halogens is 6. The van der Waals surface area contributed by atoms with Gasteiger partial charge in [-0.25, -0.2) is 9.67 Å². The van der Waals surface area contributed by atoms with Crippen molar-refractivity contribution in [2.45, 2.75) is 64.0 Å². The van der Waals surface area contributed by atoms with Crippen molar-refractivity contribution in [3.05, 3.63) is 70.8 Å². The highest BCUT2D eigenvalue weighted by molar-refractivity contribution is 5.94. The van der Waals surface area contributed by atoms with E-state index in [0.717, 1.165) is 17.1 Å². The summed E-state index contributed by atoms with van der Waals surface area (Å²) in [5.74, 6) is -0.250. The van der Waals surface area contributed by atoms with Crippen molar-refractivity contribution < 1.29 is 31.1 Å². The van der Waals surface area contributed by atoms with E-state index in [1.807, 2.05) is 19.9 Å². The molecule has 204 valence electrons. The lowest BCUT2D eigenvalue weighted by Gasteiger charge is -2.36. The number of nitrogens with one attached hydrogen (secondary N) is 1. The highest BCUT2D eigenvalue weighted by atomic mass is 19.4. The van der Waals surface area contributed by atoms with Gasteiger partial charge in [0.05, 0.1) is 11.4 Å². The van der Waals surface area contributed by atoms with Crippen LogP contribution in [0.5, 0.6) is 0 Å². The largest absolute Gasteiger partial charge is 0.433 e. The van der Waals surface area contributed by atoms with Gasteiger partial charge in [-0.05, 0) is 82.0 Å². The fraction of sp³-hybridized carbons (Fsp3) is 0.423. The first kappa shape index (κ1) is 27.5. The van der Waals surface area contributed by atoms with Gasteiger partial charge in [0.25, 0.3) is 5.91 Å². The molecule has 2 heterocycles. The molecule has 12 heteroatoms. The molecule has 0 bridgehead atoms. The molecule has 0 atom stereocenters. The van der Waals surface area contributed by atoms with Crippen LogP contribution >= 0.6 is 0 Å². The number of aryl methyl sites for hydroxylation is 2. The third-order valence-corrected chi connectivity index (χ3v) is 6.76. The van der Waals surface area contributed by atoms with Crippen LogP contribution in [0.4, 0.5) is 32.0 Å². The zero-order valence-corrected chi connectivity index (χ0v) is 21.0. The van der Waals surface area contributed by atoms with Crippen LogP contribution in [0.25, 0.3) is 5.69 Å². The number of aromatic nitrogens is 3. The van der Waals surface area contributed by atoms with Crippen LogP contribution in [0.15, 0.2) is 42.5 Å². The van der Waals surface area contributed by atoms with Crippen molar-refractivity contribution in [3.63, 3.8) is 0 Å². The minimum atomic E-state index is -5.01. The number of carbonyl (C=O) groups excluding carboxylic acids is 1. The molecule has 38 heavy (non-hydrogen) atoms. The molecular formula is C26H27F6N5O. The third-order valence-electron chi connectivity index (χ3n) is 6.76. The van der Waals surface area contributed by atoms with E-state index >= 15 is 0 Å². The predicted octanol–water partition coefficient (Wildman–Crippen LogP) is 6.10. The molecular weight excluding hydrogens is 512 g/mol. The van der Waals surface area contributed by atoms with E-state index in [1.165, 1.54) is 11.9 Å². The number of hydrogen-bond acceptors (Lipinski definition) is 4. The number of pyridine rings is 1. The van der Waals surface area contributed by atoms with Gasteiger partial charge in [-0.15, -0.1) is 0 Å². The lowest BCUT2D eigenvalue weighted by molar-refractivity contribution is -0.150. The average molecular weight is 540 g/mol. The maximum Gasteiger partial charge on any atom is 0.433 e. The molecule has 0 radical (unpaired) electrons. The van der Waals surface area contributed by atoms with Crippen molar-refractivity contribution >= 4 is 11.6 Å². The van der Waals surface area contributed by atoms with Crippen molar-refractivity contribution in [3.8, 4) is 5.69 Å². The minimum Gasteiger partial charge on any atom is -0.371 e. The first-order valence-corrected chi connectivity index (χ1v) is 12.1. The molecule has 0 unspecified atom stereocenters. The molecule has 0 aliphatic heterocycles. The van der Waals surface area contributed by atoms with Crippen molar-refractivity contribution in [1.29, 1.82) is 0 Å². The Balaban J connectivity index is 1.38. The Kier molecular flexibility index (Phi) is 7.44. The summed E-state index contributed by atoms with van der Waals surface area (Å²) in [6.07, 6.45) is -7.96. The van der Waals surface area contributed by atoms with Crippen LogP contribution in [0.2, 0.25) is 0 Å². The molecule has 6 nitrogen and oxygen atoms in total. The first-order chi connectivity index (χ1) is 17.7. The van der Waals surface area contributed by atoms with Crippen LogP contribution in [0.1, 0.15) is 58.8 Å². The third kappa shape index (κ3) is 6.11. The van der Waals surface area contributed by atoms with Crippen LogP contribution < -0.4 is 10.2 Å². The van der Waals surface area contributed by atoms with Gasteiger partial charge < -0.3 is 10.2 Å². The van der Waals surface area contributed by atoms with Crippen molar-refractivity contribution in [2.24, 2.45) is 0 Å². The van der Waals surface area contributed by atoms with E-state index in [1.54, 1.807) is 28.9 Å². The standard InChI is InChI=1S/C26H27F6N5O/c1-15-12-16(2)37(35-15)20-8-4-17(5-9-20)24(38)33-18-6-10-19(11-7-18)36(3)21-13-22(25(27,28)29)34-23(14-21)26(30,31)32/h4-5,8-9,12-14,18-19H,6-7,10-11H2,1-3H3,(H,33,38)/t18-,19+. The second kappa shape index (κ2) is 10.3. The monoisotopic (exact) mass is 539 g/mol. The number of nitrogens with zero attached hydrogens (tertiary/aromatic N) is 4. The van der Waals surface area contributed by atoms with Gasteiger partial charge in [-0.2, -0.15) is 31.4 Å². The van der Waals surface area contributed by atoms with E-state index in [4.69, 9.17) is 0 Å². The molecule has 0 spiro atoms. The molecule has 1 saturated carbocycles. The molecule has 1 amide bonds. The van der Waals surface area contributed by atoms with Gasteiger partial charge in [0.1, 0.15) is 11.4 Å². The number of amides is 1. The second-order valence-corrected chi connectivity index (χ2v) is 9.57. The Morgan fingerprint density at radius 1 is 0.921 bits per heavy atom. The smallest absolute Gasteiger partial charge is 0.371 e. The Bertz CT molecular complexity index is 1260. The van der Waals surface area contributed by atoms with Crippen LogP contribution in [-0.2, 0) is 12.4 Å². The average Bonchev–Trinajstić information content (AvgIpc) is 3.20. The summed E-state index contributed by atoms with van der Waals surface area (Å²) in [5, 5.41) is 7.40. The topological polar surface area (TPSA) is 63.1 Å². The summed E-state index contributed by atoms with van der Waals surface area (Å²) in [4.78, 5) is 17.0. The van der Waals surface area contributed by atoms with Gasteiger partial charge in [-0.3, -0.25) is 4.79 Å². The first-order valence-electron chi connectivity index (χ1n) is 12.1. The highest BCUT2D eigenvalue weighted by Crippen LogP contribution is 2.37. The number of carbonyl (C=O) groups is 1. The fourth-order valence-corrected chi connectivity index (χ4v) is 4.74. The van der Waals surface area contributed by atoms with Gasteiger partial charge in [0, 0.05) is 36.1 Å². The summed E-state index contributed by atoms with van der Waals surface area (Å²) < 4.78 is 80.9. The number of benzene rings is 1. The molecule has 2 aromatic heterocycles. The Hall–Kier alpha value is -3.57. The van der Waals surface area contributed by atoms with Gasteiger partial charge in [0.2, 0.25) is 0 Å². The number of alkyl halides is 6. The summed E-state index contributed by atoms with van der Waals surface area (Å²) >= 11 is 0. The highest BCUT2D eigenvalue weighted by Gasteiger charge is 2.39. The van der Waals surface area contributed by atoms with Crippen molar-refractivity contribution in [2.75, 3.05) is 11.9 Å². The van der Waals surface area contributed by atoms with Crippen LogP contribution in [-0.4, -0.2) is 39.8 Å².